The second kappa shape index (κ2) is 4.83. The van der Waals surface area contributed by atoms with Crippen LogP contribution in [0.2, 0.25) is 0 Å². The van der Waals surface area contributed by atoms with Crippen molar-refractivity contribution in [2.45, 2.75) is 58.5 Å². The fraction of sp³-hybridized carbons (Fsp3) is 1.00. The van der Waals surface area contributed by atoms with Gasteiger partial charge in [-0.2, -0.15) is 0 Å². The van der Waals surface area contributed by atoms with E-state index in [0.717, 1.165) is 6.42 Å². The first-order valence-electron chi connectivity index (χ1n) is 4.87. The molecule has 0 aromatic carbocycles. The molecule has 0 rings (SSSR count). The molecule has 0 aliphatic carbocycles. The van der Waals surface area contributed by atoms with Gasteiger partial charge < -0.3 is 11.5 Å². The van der Waals surface area contributed by atoms with Crippen molar-refractivity contribution in [2.24, 2.45) is 17.4 Å². The minimum Gasteiger partial charge on any atom is -0.328 e. The zero-order valence-corrected chi connectivity index (χ0v) is 8.93. The Labute approximate surface area is 76.7 Å². The van der Waals surface area contributed by atoms with Crippen molar-refractivity contribution in [2.75, 3.05) is 0 Å². The van der Waals surface area contributed by atoms with E-state index in [2.05, 4.69) is 27.7 Å². The Morgan fingerprint density at radius 2 is 1.75 bits per heavy atom. The smallest absolute Gasteiger partial charge is 0.00970 e. The maximum absolute atomic E-state index is 5.87. The molecule has 0 spiro atoms. The molecule has 0 aliphatic heterocycles. The molecule has 12 heavy (non-hydrogen) atoms. The van der Waals surface area contributed by atoms with Gasteiger partial charge in [-0.1, -0.05) is 13.3 Å². The Morgan fingerprint density at radius 1 is 1.25 bits per heavy atom. The summed E-state index contributed by atoms with van der Waals surface area (Å²) in [7, 11) is 0. The third-order valence-corrected chi connectivity index (χ3v) is 2.38. The van der Waals surface area contributed by atoms with E-state index in [1.54, 1.807) is 0 Å². The highest BCUT2D eigenvalue weighted by Crippen LogP contribution is 2.15. The lowest BCUT2D eigenvalue weighted by atomic mass is 9.92. The first kappa shape index (κ1) is 11.9. The van der Waals surface area contributed by atoms with E-state index in [1.807, 2.05) is 0 Å². The molecule has 74 valence electrons. The van der Waals surface area contributed by atoms with Gasteiger partial charge in [-0.05, 0) is 39.5 Å². The molecule has 0 aromatic rings. The predicted molar refractivity (Wildman–Crippen MR) is 54.9 cm³/mol. The summed E-state index contributed by atoms with van der Waals surface area (Å²) in [5.41, 5.74) is 11.6. The van der Waals surface area contributed by atoms with Crippen LogP contribution in [0.4, 0.5) is 0 Å². The van der Waals surface area contributed by atoms with E-state index >= 15 is 0 Å². The molecule has 0 aliphatic rings. The van der Waals surface area contributed by atoms with Gasteiger partial charge in [0.25, 0.3) is 0 Å². The Bertz CT molecular complexity index is 113. The molecular formula is C10H24N2. The lowest BCUT2D eigenvalue weighted by Crippen LogP contribution is -2.32. The van der Waals surface area contributed by atoms with E-state index in [-0.39, 0.29) is 5.54 Å². The van der Waals surface area contributed by atoms with Crippen molar-refractivity contribution in [1.29, 1.82) is 0 Å². The summed E-state index contributed by atoms with van der Waals surface area (Å²) in [4.78, 5) is 0. The summed E-state index contributed by atoms with van der Waals surface area (Å²) in [6, 6.07) is 0.311. The third kappa shape index (κ3) is 6.62. The summed E-state index contributed by atoms with van der Waals surface area (Å²) >= 11 is 0. The topological polar surface area (TPSA) is 52.0 Å². The van der Waals surface area contributed by atoms with Gasteiger partial charge in [0, 0.05) is 11.6 Å². The molecule has 2 heteroatoms. The van der Waals surface area contributed by atoms with Crippen LogP contribution in [0.15, 0.2) is 0 Å². The van der Waals surface area contributed by atoms with Crippen LogP contribution in [0.3, 0.4) is 0 Å². The summed E-state index contributed by atoms with van der Waals surface area (Å²) in [6.45, 7) is 8.42. The molecule has 0 saturated heterocycles. The van der Waals surface area contributed by atoms with Gasteiger partial charge in [0.2, 0.25) is 0 Å². The van der Waals surface area contributed by atoms with Crippen LogP contribution in [-0.2, 0) is 0 Å². The summed E-state index contributed by atoms with van der Waals surface area (Å²) in [5, 5.41) is 0. The predicted octanol–water partition coefficient (Wildman–Crippen LogP) is 1.88. The van der Waals surface area contributed by atoms with E-state index in [1.165, 1.54) is 12.8 Å². The Balaban J connectivity index is 3.44. The minimum absolute atomic E-state index is 0.0163. The van der Waals surface area contributed by atoms with Crippen molar-refractivity contribution in [3.8, 4) is 0 Å². The second-order valence-electron chi connectivity index (χ2n) is 4.72. The van der Waals surface area contributed by atoms with E-state index in [4.69, 9.17) is 11.5 Å². The molecular weight excluding hydrogens is 148 g/mol. The highest BCUT2D eigenvalue weighted by Gasteiger charge is 2.12. The quantitative estimate of drug-likeness (QED) is 0.665. The number of nitrogens with two attached hydrogens (primary N) is 2. The second-order valence-corrected chi connectivity index (χ2v) is 4.72. The average Bonchev–Trinajstić information content (AvgIpc) is 1.84. The number of hydrogen-bond acceptors (Lipinski definition) is 2. The minimum atomic E-state index is -0.0163. The Morgan fingerprint density at radius 3 is 2.08 bits per heavy atom. The third-order valence-electron chi connectivity index (χ3n) is 2.38. The Kier molecular flexibility index (Phi) is 4.80. The van der Waals surface area contributed by atoms with Gasteiger partial charge in [-0.25, -0.2) is 0 Å². The van der Waals surface area contributed by atoms with Crippen molar-refractivity contribution in [3.05, 3.63) is 0 Å². The number of rotatable bonds is 5. The molecule has 4 N–H and O–H groups in total. The SMILES string of the molecule is CC(N)C(C)CCCC(C)(C)N. The number of hydrogen-bond donors (Lipinski definition) is 2. The maximum Gasteiger partial charge on any atom is 0.00970 e. The van der Waals surface area contributed by atoms with Crippen LogP contribution in [-0.4, -0.2) is 11.6 Å². The van der Waals surface area contributed by atoms with E-state index < -0.39 is 0 Å². The zero-order valence-electron chi connectivity index (χ0n) is 8.93. The van der Waals surface area contributed by atoms with Gasteiger partial charge >= 0.3 is 0 Å². The van der Waals surface area contributed by atoms with Crippen LogP contribution in [0, 0.1) is 5.92 Å². The molecule has 0 aromatic heterocycles. The molecule has 2 unspecified atom stereocenters. The normalized spacial score (nSPS) is 17.5. The van der Waals surface area contributed by atoms with Gasteiger partial charge in [0.1, 0.15) is 0 Å². The van der Waals surface area contributed by atoms with E-state index in [9.17, 15) is 0 Å². The van der Waals surface area contributed by atoms with Crippen LogP contribution >= 0.6 is 0 Å². The average molecular weight is 172 g/mol. The van der Waals surface area contributed by atoms with Crippen LogP contribution in [0.25, 0.3) is 0 Å². The van der Waals surface area contributed by atoms with E-state index in [0.29, 0.717) is 12.0 Å². The van der Waals surface area contributed by atoms with Crippen LogP contribution in [0.1, 0.15) is 47.0 Å². The molecule has 2 atom stereocenters. The summed E-state index contributed by atoms with van der Waals surface area (Å²) in [5.74, 6) is 0.618. The highest BCUT2D eigenvalue weighted by molar-refractivity contribution is 4.72. The molecule has 0 heterocycles. The fourth-order valence-corrected chi connectivity index (χ4v) is 1.14. The largest absolute Gasteiger partial charge is 0.328 e. The standard InChI is InChI=1S/C10H24N2/c1-8(9(2)11)6-5-7-10(3,4)12/h8-9H,5-7,11-12H2,1-4H3. The first-order valence-corrected chi connectivity index (χ1v) is 4.87. The van der Waals surface area contributed by atoms with Gasteiger partial charge in [0.15, 0.2) is 0 Å². The van der Waals surface area contributed by atoms with Crippen molar-refractivity contribution < 1.29 is 0 Å². The van der Waals surface area contributed by atoms with Crippen molar-refractivity contribution in [3.63, 3.8) is 0 Å². The lowest BCUT2D eigenvalue weighted by Gasteiger charge is -2.20. The zero-order chi connectivity index (χ0) is 9.78. The first-order chi connectivity index (χ1) is 5.33. The molecule has 0 saturated carbocycles. The van der Waals surface area contributed by atoms with Gasteiger partial charge in [-0.15, -0.1) is 0 Å². The highest BCUT2D eigenvalue weighted by atomic mass is 14.7. The molecule has 0 bridgehead atoms. The Hall–Kier alpha value is -0.0800. The van der Waals surface area contributed by atoms with Crippen molar-refractivity contribution >= 4 is 0 Å². The molecule has 0 amide bonds. The van der Waals surface area contributed by atoms with Gasteiger partial charge in [-0.3, -0.25) is 0 Å². The fourth-order valence-electron chi connectivity index (χ4n) is 1.14. The van der Waals surface area contributed by atoms with Crippen LogP contribution in [0.5, 0.6) is 0 Å². The van der Waals surface area contributed by atoms with Crippen molar-refractivity contribution in [1.82, 2.24) is 0 Å². The molecule has 2 nitrogen and oxygen atoms in total. The van der Waals surface area contributed by atoms with Crippen LogP contribution < -0.4 is 11.5 Å². The maximum atomic E-state index is 5.87. The summed E-state index contributed by atoms with van der Waals surface area (Å²) in [6.07, 6.45) is 3.47. The summed E-state index contributed by atoms with van der Waals surface area (Å²) < 4.78 is 0. The van der Waals surface area contributed by atoms with Gasteiger partial charge in [0.05, 0.1) is 0 Å². The molecule has 0 fully saturated rings. The lowest BCUT2D eigenvalue weighted by molar-refractivity contribution is 0.385. The monoisotopic (exact) mass is 172 g/mol. The molecule has 0 radical (unpaired) electrons.